The normalized spacial score (nSPS) is 14.3. The Kier molecular flexibility index (Phi) is 6.63. The molecule has 7 heteroatoms. The molecular weight excluding hydrogens is 494 g/mol. The summed E-state index contributed by atoms with van der Waals surface area (Å²) >= 11 is 9.87. The highest BCUT2D eigenvalue weighted by Gasteiger charge is 2.24. The summed E-state index contributed by atoms with van der Waals surface area (Å²) in [6, 6.07) is 18.8. The summed E-state index contributed by atoms with van der Waals surface area (Å²) in [5.74, 6) is 0.622. The molecule has 0 amide bonds. The van der Waals surface area contributed by atoms with Gasteiger partial charge in [-0.2, -0.15) is 0 Å². The van der Waals surface area contributed by atoms with E-state index in [9.17, 15) is 4.79 Å². The van der Waals surface area contributed by atoms with E-state index in [4.69, 9.17) is 25.8 Å². The first-order chi connectivity index (χ1) is 15.4. The molecule has 4 rings (SSSR count). The summed E-state index contributed by atoms with van der Waals surface area (Å²) in [5.41, 5.74) is 3.71. The van der Waals surface area contributed by atoms with Gasteiger partial charge in [0, 0.05) is 10.0 Å². The predicted molar refractivity (Wildman–Crippen MR) is 128 cm³/mol. The molecule has 32 heavy (non-hydrogen) atoms. The standard InChI is InChI=1S/C25H19BrClNO4/c1-15-5-3-4-6-18(15)14-31-23-20(27)11-16(13-22(23)30-2)12-21-25(29)32-24(28-21)17-7-9-19(26)10-8-17/h3-13H,14H2,1-2H3/b21-12-. The summed E-state index contributed by atoms with van der Waals surface area (Å²) in [7, 11) is 1.54. The maximum atomic E-state index is 12.3. The van der Waals surface area contributed by atoms with Gasteiger partial charge in [-0.15, -0.1) is 0 Å². The molecule has 162 valence electrons. The largest absolute Gasteiger partial charge is 0.493 e. The molecule has 0 saturated carbocycles. The second-order valence-electron chi connectivity index (χ2n) is 7.09. The Bertz CT molecular complexity index is 1240. The smallest absolute Gasteiger partial charge is 0.363 e. The number of rotatable bonds is 6. The molecule has 0 unspecified atom stereocenters. The molecule has 0 aromatic heterocycles. The Morgan fingerprint density at radius 2 is 1.88 bits per heavy atom. The van der Waals surface area contributed by atoms with E-state index in [2.05, 4.69) is 20.9 Å². The van der Waals surface area contributed by atoms with Gasteiger partial charge in [0.05, 0.1) is 12.1 Å². The number of aryl methyl sites for hydroxylation is 1. The number of hydrogen-bond acceptors (Lipinski definition) is 5. The second kappa shape index (κ2) is 9.59. The molecule has 1 heterocycles. The molecule has 0 bridgehead atoms. The fraction of sp³-hybridized carbons (Fsp3) is 0.120. The maximum absolute atomic E-state index is 12.3. The minimum Gasteiger partial charge on any atom is -0.493 e. The summed E-state index contributed by atoms with van der Waals surface area (Å²) in [5, 5.41) is 0.369. The van der Waals surface area contributed by atoms with Crippen LogP contribution in [0.1, 0.15) is 22.3 Å². The highest BCUT2D eigenvalue weighted by molar-refractivity contribution is 9.10. The lowest BCUT2D eigenvalue weighted by atomic mass is 10.1. The van der Waals surface area contributed by atoms with Crippen LogP contribution in [0.2, 0.25) is 5.02 Å². The van der Waals surface area contributed by atoms with Gasteiger partial charge in [-0.3, -0.25) is 0 Å². The fourth-order valence-electron chi connectivity index (χ4n) is 3.17. The van der Waals surface area contributed by atoms with Crippen LogP contribution in [-0.4, -0.2) is 19.0 Å². The minimum atomic E-state index is -0.530. The lowest BCUT2D eigenvalue weighted by Gasteiger charge is -2.14. The quantitative estimate of drug-likeness (QED) is 0.285. The van der Waals surface area contributed by atoms with Gasteiger partial charge >= 0.3 is 5.97 Å². The van der Waals surface area contributed by atoms with E-state index in [0.29, 0.717) is 34.3 Å². The van der Waals surface area contributed by atoms with E-state index in [1.807, 2.05) is 55.5 Å². The average Bonchev–Trinajstić information content (AvgIpc) is 3.14. The number of carbonyl (C=O) groups is 1. The van der Waals surface area contributed by atoms with Crippen molar-refractivity contribution in [3.63, 3.8) is 0 Å². The molecule has 3 aromatic carbocycles. The Morgan fingerprint density at radius 1 is 1.12 bits per heavy atom. The van der Waals surface area contributed by atoms with E-state index in [-0.39, 0.29) is 11.6 Å². The number of ether oxygens (including phenoxy) is 3. The van der Waals surface area contributed by atoms with Crippen LogP contribution in [0.5, 0.6) is 11.5 Å². The molecule has 3 aromatic rings. The van der Waals surface area contributed by atoms with Crippen LogP contribution in [0, 0.1) is 6.92 Å². The van der Waals surface area contributed by atoms with Crippen molar-refractivity contribution in [3.05, 3.63) is 98.1 Å². The van der Waals surface area contributed by atoms with Crippen molar-refractivity contribution < 1.29 is 19.0 Å². The molecular formula is C25H19BrClNO4. The molecule has 0 aliphatic carbocycles. The topological polar surface area (TPSA) is 57.1 Å². The van der Waals surface area contributed by atoms with Gasteiger partial charge in [0.1, 0.15) is 6.61 Å². The summed E-state index contributed by atoms with van der Waals surface area (Å²) in [6.07, 6.45) is 1.60. The Morgan fingerprint density at radius 3 is 2.59 bits per heavy atom. The highest BCUT2D eigenvalue weighted by Crippen LogP contribution is 2.38. The summed E-state index contributed by atoms with van der Waals surface area (Å²) in [6.45, 7) is 2.38. The zero-order valence-corrected chi connectivity index (χ0v) is 19.7. The SMILES string of the molecule is COc1cc(/C=C2\N=C(c3ccc(Br)cc3)OC2=O)cc(Cl)c1OCc1ccccc1C. The lowest BCUT2D eigenvalue weighted by molar-refractivity contribution is -0.129. The zero-order valence-electron chi connectivity index (χ0n) is 17.4. The monoisotopic (exact) mass is 511 g/mol. The van der Waals surface area contributed by atoms with Crippen molar-refractivity contribution in [2.45, 2.75) is 13.5 Å². The third-order valence-electron chi connectivity index (χ3n) is 4.90. The van der Waals surface area contributed by atoms with Crippen molar-refractivity contribution in [1.82, 2.24) is 0 Å². The summed E-state index contributed by atoms with van der Waals surface area (Å²) in [4.78, 5) is 16.7. The molecule has 1 aliphatic heterocycles. The molecule has 0 atom stereocenters. The zero-order chi connectivity index (χ0) is 22.7. The van der Waals surface area contributed by atoms with Crippen LogP contribution in [0.3, 0.4) is 0 Å². The summed E-state index contributed by atoms with van der Waals surface area (Å²) < 4.78 is 17.7. The minimum absolute atomic E-state index is 0.176. The van der Waals surface area contributed by atoms with Gasteiger partial charge in [-0.25, -0.2) is 9.79 Å². The first kappa shape index (κ1) is 22.1. The van der Waals surface area contributed by atoms with Crippen LogP contribution in [0.25, 0.3) is 6.08 Å². The number of methoxy groups -OCH3 is 1. The maximum Gasteiger partial charge on any atom is 0.363 e. The third kappa shape index (κ3) is 4.87. The van der Waals surface area contributed by atoms with Gasteiger partial charge < -0.3 is 14.2 Å². The van der Waals surface area contributed by atoms with Gasteiger partial charge in [0.2, 0.25) is 5.90 Å². The Hall–Kier alpha value is -3.09. The van der Waals surface area contributed by atoms with Crippen molar-refractivity contribution in [2.75, 3.05) is 7.11 Å². The Balaban J connectivity index is 1.59. The second-order valence-corrected chi connectivity index (χ2v) is 8.42. The van der Waals surface area contributed by atoms with Crippen LogP contribution in [0.15, 0.2) is 75.8 Å². The molecule has 0 spiro atoms. The molecule has 0 N–H and O–H groups in total. The molecule has 0 radical (unpaired) electrons. The van der Waals surface area contributed by atoms with Crippen molar-refractivity contribution in [2.24, 2.45) is 4.99 Å². The molecule has 1 aliphatic rings. The first-order valence-electron chi connectivity index (χ1n) is 9.78. The number of carbonyl (C=O) groups excluding carboxylic acids is 1. The third-order valence-corrected chi connectivity index (χ3v) is 5.71. The number of esters is 1. The van der Waals surface area contributed by atoms with E-state index < -0.39 is 5.97 Å². The Labute approximate surface area is 199 Å². The average molecular weight is 513 g/mol. The number of nitrogens with zero attached hydrogens (tertiary/aromatic N) is 1. The highest BCUT2D eigenvalue weighted by atomic mass is 79.9. The number of cyclic esters (lactones) is 1. The van der Waals surface area contributed by atoms with Crippen molar-refractivity contribution >= 4 is 45.5 Å². The van der Waals surface area contributed by atoms with E-state index in [0.717, 1.165) is 15.6 Å². The lowest BCUT2D eigenvalue weighted by Crippen LogP contribution is -2.05. The number of hydrogen-bond donors (Lipinski definition) is 0. The van der Waals surface area contributed by atoms with E-state index in [1.165, 1.54) is 7.11 Å². The van der Waals surface area contributed by atoms with Gasteiger partial charge in [-0.1, -0.05) is 51.8 Å². The van der Waals surface area contributed by atoms with Crippen LogP contribution in [-0.2, 0) is 16.1 Å². The molecule has 0 saturated heterocycles. The van der Waals surface area contributed by atoms with Crippen molar-refractivity contribution in [1.29, 1.82) is 0 Å². The number of benzene rings is 3. The van der Waals surface area contributed by atoms with Gasteiger partial charge in [-0.05, 0) is 66.1 Å². The van der Waals surface area contributed by atoms with Crippen LogP contribution >= 0.6 is 27.5 Å². The van der Waals surface area contributed by atoms with Gasteiger partial charge in [0.15, 0.2) is 17.2 Å². The van der Waals surface area contributed by atoms with Crippen molar-refractivity contribution in [3.8, 4) is 11.5 Å². The van der Waals surface area contributed by atoms with Gasteiger partial charge in [0.25, 0.3) is 0 Å². The number of halogens is 2. The molecule has 5 nitrogen and oxygen atoms in total. The number of aliphatic imine (C=N–C) groups is 1. The molecule has 0 fully saturated rings. The first-order valence-corrected chi connectivity index (χ1v) is 10.9. The van der Waals surface area contributed by atoms with E-state index in [1.54, 1.807) is 18.2 Å². The van der Waals surface area contributed by atoms with Crippen LogP contribution in [0.4, 0.5) is 0 Å². The fourth-order valence-corrected chi connectivity index (χ4v) is 3.71. The van der Waals surface area contributed by atoms with Crippen LogP contribution < -0.4 is 9.47 Å². The predicted octanol–water partition coefficient (Wildman–Crippen LogP) is 6.34. The van der Waals surface area contributed by atoms with E-state index >= 15 is 0 Å².